The molecule has 0 spiro atoms. The van der Waals surface area contributed by atoms with Gasteiger partial charge in [-0.2, -0.15) is 0 Å². The molecule has 11 heavy (non-hydrogen) atoms. The van der Waals surface area contributed by atoms with Crippen molar-refractivity contribution in [2.24, 2.45) is 0 Å². The van der Waals surface area contributed by atoms with E-state index in [-0.39, 0.29) is 0 Å². The molecule has 1 N–H and O–H groups in total. The largest absolute Gasteiger partial charge is 0.374 e. The summed E-state index contributed by atoms with van der Waals surface area (Å²) in [6.07, 6.45) is 7.06. The minimum Gasteiger partial charge on any atom is -0.374 e. The Labute approximate surface area is 64.6 Å². The molecule has 2 heterocycles. The maximum absolute atomic E-state index is 9.68. The molecule has 0 saturated carbocycles. The van der Waals surface area contributed by atoms with Gasteiger partial charge in [-0.05, 0) is 13.0 Å². The molecule has 1 unspecified atom stereocenters. The topological polar surface area (TPSA) is 37.0 Å². The highest BCUT2D eigenvalue weighted by Crippen LogP contribution is 2.19. The Morgan fingerprint density at radius 3 is 3.18 bits per heavy atom. The van der Waals surface area contributed by atoms with Crippen LogP contribution in [0.15, 0.2) is 24.5 Å². The third-order valence-electron chi connectivity index (χ3n) is 1.79. The van der Waals surface area contributed by atoms with Crippen molar-refractivity contribution in [3.63, 3.8) is 0 Å². The van der Waals surface area contributed by atoms with Gasteiger partial charge in [0.05, 0.1) is 12.4 Å². The first-order valence-electron chi connectivity index (χ1n) is 3.48. The van der Waals surface area contributed by atoms with Crippen molar-refractivity contribution in [1.82, 2.24) is 4.98 Å². The van der Waals surface area contributed by atoms with Crippen LogP contribution in [0.1, 0.15) is 12.7 Å². The fraction of sp³-hybridized carbons (Fsp3) is 0.250. The molecule has 1 aromatic heterocycles. The van der Waals surface area contributed by atoms with Gasteiger partial charge in [0, 0.05) is 6.07 Å². The molecule has 2 rings (SSSR count). The Morgan fingerprint density at radius 2 is 2.45 bits per heavy atom. The summed E-state index contributed by atoms with van der Waals surface area (Å²) in [7, 11) is 0. The molecular formula is C8H9N2O+. The number of aliphatic hydroxyl groups is 1. The normalized spacial score (nSPS) is 27.1. The van der Waals surface area contributed by atoms with E-state index in [1.165, 1.54) is 0 Å². The maximum atomic E-state index is 9.68. The Kier molecular flexibility index (Phi) is 1.11. The van der Waals surface area contributed by atoms with Crippen LogP contribution in [-0.4, -0.2) is 10.1 Å². The second-order valence-electron chi connectivity index (χ2n) is 2.81. The van der Waals surface area contributed by atoms with E-state index in [4.69, 9.17) is 0 Å². The summed E-state index contributed by atoms with van der Waals surface area (Å²) in [5.41, 5.74) is -0.902. The van der Waals surface area contributed by atoms with Gasteiger partial charge in [-0.15, -0.1) is 0 Å². The van der Waals surface area contributed by atoms with Gasteiger partial charge in [0.15, 0.2) is 5.60 Å². The van der Waals surface area contributed by atoms with Gasteiger partial charge in [0.1, 0.15) is 6.20 Å². The summed E-state index contributed by atoms with van der Waals surface area (Å²) in [4.78, 5) is 4.06. The second kappa shape index (κ2) is 1.89. The quantitative estimate of drug-likeness (QED) is 0.530. The first-order chi connectivity index (χ1) is 5.20. The monoisotopic (exact) mass is 149 g/mol. The van der Waals surface area contributed by atoms with Crippen molar-refractivity contribution >= 4 is 6.20 Å². The SMILES string of the molecule is CC1(O)C=C[n+]2cccnc21. The Morgan fingerprint density at radius 1 is 1.64 bits per heavy atom. The molecule has 1 aliphatic rings. The third kappa shape index (κ3) is 0.851. The van der Waals surface area contributed by atoms with Crippen molar-refractivity contribution < 1.29 is 9.67 Å². The van der Waals surface area contributed by atoms with Gasteiger partial charge in [0.2, 0.25) is 0 Å². The summed E-state index contributed by atoms with van der Waals surface area (Å²) in [6.45, 7) is 1.72. The van der Waals surface area contributed by atoms with Crippen LogP contribution in [0.4, 0.5) is 0 Å². The smallest absolute Gasteiger partial charge is 0.338 e. The molecule has 0 radical (unpaired) electrons. The average Bonchev–Trinajstić information content (AvgIpc) is 2.29. The predicted octanol–water partition coefficient (Wildman–Crippen LogP) is 0.0609. The molecule has 0 bridgehead atoms. The van der Waals surface area contributed by atoms with Crippen LogP contribution in [0.2, 0.25) is 0 Å². The van der Waals surface area contributed by atoms with Gasteiger partial charge in [0.25, 0.3) is 0 Å². The number of hydrogen-bond acceptors (Lipinski definition) is 2. The van der Waals surface area contributed by atoms with Crippen LogP contribution in [-0.2, 0) is 5.60 Å². The van der Waals surface area contributed by atoms with E-state index in [2.05, 4.69) is 4.98 Å². The van der Waals surface area contributed by atoms with Crippen LogP contribution in [0.5, 0.6) is 0 Å². The number of rotatable bonds is 0. The molecule has 3 nitrogen and oxygen atoms in total. The molecular weight excluding hydrogens is 140 g/mol. The molecule has 56 valence electrons. The van der Waals surface area contributed by atoms with Crippen LogP contribution >= 0.6 is 0 Å². The van der Waals surface area contributed by atoms with Crippen LogP contribution in [0.3, 0.4) is 0 Å². The van der Waals surface area contributed by atoms with Crippen LogP contribution in [0.25, 0.3) is 6.20 Å². The third-order valence-corrected chi connectivity index (χ3v) is 1.79. The van der Waals surface area contributed by atoms with Crippen molar-refractivity contribution in [2.45, 2.75) is 12.5 Å². The van der Waals surface area contributed by atoms with Gasteiger partial charge >= 0.3 is 5.82 Å². The van der Waals surface area contributed by atoms with Crippen molar-refractivity contribution in [1.29, 1.82) is 0 Å². The molecule has 0 fully saturated rings. The summed E-state index contributed by atoms with van der Waals surface area (Å²) >= 11 is 0. The van der Waals surface area contributed by atoms with Gasteiger partial charge in [-0.3, -0.25) is 0 Å². The predicted molar refractivity (Wildman–Crippen MR) is 39.3 cm³/mol. The zero-order valence-corrected chi connectivity index (χ0v) is 6.23. The molecule has 1 aliphatic heterocycles. The lowest BCUT2D eigenvalue weighted by molar-refractivity contribution is -0.581. The standard InChI is InChI=1S/C8H9N2O/c1-8(11)3-6-10-5-2-4-9-7(8)10/h2-6,11H,1H3/q+1. The zero-order chi connectivity index (χ0) is 7.90. The van der Waals surface area contributed by atoms with Crippen LogP contribution in [0, 0.1) is 0 Å². The van der Waals surface area contributed by atoms with Crippen molar-refractivity contribution in [2.75, 3.05) is 0 Å². The van der Waals surface area contributed by atoms with Gasteiger partial charge < -0.3 is 5.11 Å². The molecule has 0 aliphatic carbocycles. The molecule has 0 saturated heterocycles. The Bertz CT molecular complexity index is 318. The molecule has 0 amide bonds. The zero-order valence-electron chi connectivity index (χ0n) is 6.23. The van der Waals surface area contributed by atoms with Gasteiger partial charge in [-0.25, -0.2) is 4.57 Å². The van der Waals surface area contributed by atoms with Crippen molar-refractivity contribution in [3.8, 4) is 0 Å². The van der Waals surface area contributed by atoms with Gasteiger partial charge in [-0.1, -0.05) is 4.98 Å². The lowest BCUT2D eigenvalue weighted by Gasteiger charge is -2.05. The van der Waals surface area contributed by atoms with E-state index in [0.29, 0.717) is 5.82 Å². The van der Waals surface area contributed by atoms with E-state index < -0.39 is 5.60 Å². The number of nitrogens with zero attached hydrogens (tertiary/aromatic N) is 2. The first kappa shape index (κ1) is 6.49. The van der Waals surface area contributed by atoms with E-state index in [1.54, 1.807) is 23.8 Å². The minimum absolute atomic E-state index is 0.667. The maximum Gasteiger partial charge on any atom is 0.338 e. The Hall–Kier alpha value is -1.22. The molecule has 0 aromatic carbocycles. The highest BCUT2D eigenvalue weighted by atomic mass is 16.3. The first-order valence-corrected chi connectivity index (χ1v) is 3.48. The fourth-order valence-corrected chi connectivity index (χ4v) is 1.19. The summed E-state index contributed by atoms with van der Waals surface area (Å²) in [5.74, 6) is 0.667. The summed E-state index contributed by atoms with van der Waals surface area (Å²) in [5, 5.41) is 9.68. The van der Waals surface area contributed by atoms with Crippen LogP contribution < -0.4 is 4.57 Å². The minimum atomic E-state index is -0.902. The lowest BCUT2D eigenvalue weighted by atomic mass is 10.1. The summed E-state index contributed by atoms with van der Waals surface area (Å²) < 4.78 is 1.81. The number of hydrogen-bond donors (Lipinski definition) is 1. The second-order valence-corrected chi connectivity index (χ2v) is 2.81. The fourth-order valence-electron chi connectivity index (χ4n) is 1.19. The van der Waals surface area contributed by atoms with E-state index in [9.17, 15) is 5.11 Å². The number of fused-ring (bicyclic) bond motifs is 1. The highest BCUT2D eigenvalue weighted by molar-refractivity contribution is 5.24. The summed E-state index contributed by atoms with van der Waals surface area (Å²) in [6, 6.07) is 1.83. The molecule has 3 heteroatoms. The van der Waals surface area contributed by atoms with E-state index >= 15 is 0 Å². The van der Waals surface area contributed by atoms with E-state index in [1.807, 2.05) is 18.5 Å². The van der Waals surface area contributed by atoms with Crippen molar-refractivity contribution in [3.05, 3.63) is 30.4 Å². The lowest BCUT2D eigenvalue weighted by Crippen LogP contribution is -2.34. The highest BCUT2D eigenvalue weighted by Gasteiger charge is 2.36. The molecule has 1 aromatic rings. The average molecular weight is 149 g/mol. The number of aromatic nitrogens is 2. The Balaban J connectivity index is 2.64. The van der Waals surface area contributed by atoms with E-state index in [0.717, 1.165) is 0 Å². The molecule has 1 atom stereocenters.